The molecular weight excluding hydrogens is 398 g/mol. The largest absolute Gasteiger partial charge is 0.448 e. The van der Waals surface area contributed by atoms with Gasteiger partial charge in [0.25, 0.3) is 11.6 Å². The lowest BCUT2D eigenvalue weighted by molar-refractivity contribution is -0.384. The van der Waals surface area contributed by atoms with Crippen LogP contribution in [-0.4, -0.2) is 37.9 Å². The molecule has 0 aliphatic rings. The summed E-state index contributed by atoms with van der Waals surface area (Å²) in [7, 11) is 0. The molecule has 1 aromatic carbocycles. The fourth-order valence-electron chi connectivity index (χ4n) is 2.30. The Balaban J connectivity index is 1.67. The maximum absolute atomic E-state index is 12.5. The lowest BCUT2D eigenvalue weighted by atomic mass is 10.2. The van der Waals surface area contributed by atoms with Crippen molar-refractivity contribution >= 4 is 34.6 Å². The molecule has 0 saturated heterocycles. The minimum absolute atomic E-state index is 0.164. The van der Waals surface area contributed by atoms with Gasteiger partial charge >= 0.3 is 5.97 Å². The van der Waals surface area contributed by atoms with E-state index in [1.54, 1.807) is 25.4 Å². The molecule has 3 aromatic rings. The summed E-state index contributed by atoms with van der Waals surface area (Å²) >= 11 is 1.07. The van der Waals surface area contributed by atoms with Gasteiger partial charge in [0.05, 0.1) is 10.6 Å². The van der Waals surface area contributed by atoms with E-state index in [4.69, 9.17) is 4.74 Å². The number of hydrogen-bond donors (Lipinski definition) is 1. The first-order valence-corrected chi connectivity index (χ1v) is 9.18. The molecule has 0 spiro atoms. The van der Waals surface area contributed by atoms with Crippen LogP contribution in [0.15, 0.2) is 42.7 Å². The van der Waals surface area contributed by atoms with Crippen LogP contribution in [-0.2, 0) is 9.53 Å². The van der Waals surface area contributed by atoms with Crippen LogP contribution in [0.25, 0.3) is 10.8 Å². The summed E-state index contributed by atoms with van der Waals surface area (Å²) in [6, 6.07) is 7.13. The zero-order valence-electron chi connectivity index (χ0n) is 15.4. The minimum atomic E-state index is -1.13. The van der Waals surface area contributed by atoms with Gasteiger partial charge in [-0.1, -0.05) is 6.07 Å². The first kappa shape index (κ1) is 20.0. The van der Waals surface area contributed by atoms with Gasteiger partial charge in [0.1, 0.15) is 4.88 Å². The average Bonchev–Trinajstić information content (AvgIpc) is 3.10. The quantitative estimate of drug-likeness (QED) is 0.370. The Morgan fingerprint density at radius 3 is 2.66 bits per heavy atom. The van der Waals surface area contributed by atoms with Gasteiger partial charge in [-0.15, -0.1) is 11.3 Å². The van der Waals surface area contributed by atoms with Crippen LogP contribution in [0, 0.1) is 17.0 Å². The molecule has 0 aliphatic heterocycles. The second-order valence-corrected chi connectivity index (χ2v) is 6.85. The molecule has 29 heavy (non-hydrogen) atoms. The van der Waals surface area contributed by atoms with Crippen molar-refractivity contribution < 1.29 is 19.2 Å². The number of nitro benzene ring substituents is 1. The van der Waals surface area contributed by atoms with E-state index in [0.717, 1.165) is 11.3 Å². The van der Waals surface area contributed by atoms with Crippen LogP contribution in [0.4, 0.5) is 11.4 Å². The molecule has 0 aliphatic carbocycles. The number of rotatable bonds is 6. The molecular formula is C18H15N5O5S. The molecule has 148 valence electrons. The van der Waals surface area contributed by atoms with Gasteiger partial charge in [-0.3, -0.25) is 14.9 Å². The average molecular weight is 413 g/mol. The molecule has 2 heterocycles. The molecule has 1 atom stereocenters. The van der Waals surface area contributed by atoms with Crippen molar-refractivity contribution in [2.24, 2.45) is 0 Å². The number of nitro groups is 1. The zero-order chi connectivity index (χ0) is 21.0. The number of anilines is 1. The number of aryl methyl sites for hydroxylation is 1. The van der Waals surface area contributed by atoms with Crippen LogP contribution in [0.5, 0.6) is 0 Å². The summed E-state index contributed by atoms with van der Waals surface area (Å²) in [6.45, 7) is 3.05. The predicted molar refractivity (Wildman–Crippen MR) is 104 cm³/mol. The normalized spacial score (nSPS) is 11.5. The molecule has 0 radical (unpaired) electrons. The maximum Gasteiger partial charge on any atom is 0.351 e. The van der Waals surface area contributed by atoms with Gasteiger partial charge in [-0.2, -0.15) is 0 Å². The number of esters is 1. The molecule has 1 unspecified atom stereocenters. The van der Waals surface area contributed by atoms with Crippen molar-refractivity contribution in [3.8, 4) is 10.8 Å². The number of carbonyl (C=O) groups is 2. The number of aromatic nitrogens is 3. The van der Waals surface area contributed by atoms with E-state index >= 15 is 0 Å². The fraction of sp³-hybridized carbons (Fsp3) is 0.167. The number of ether oxygens (including phenoxy) is 1. The highest BCUT2D eigenvalue weighted by atomic mass is 32.1. The molecule has 0 fully saturated rings. The smallest absolute Gasteiger partial charge is 0.351 e. The van der Waals surface area contributed by atoms with Gasteiger partial charge in [-0.05, 0) is 26.0 Å². The number of nitrogens with zero attached hydrogens (tertiary/aromatic N) is 4. The lowest BCUT2D eigenvalue weighted by Gasteiger charge is -2.13. The van der Waals surface area contributed by atoms with Crippen LogP contribution in [0.2, 0.25) is 0 Å². The number of non-ortho nitro benzene ring substituents is 1. The third kappa shape index (κ3) is 4.76. The number of thiazole rings is 1. The van der Waals surface area contributed by atoms with Crippen molar-refractivity contribution in [2.45, 2.75) is 20.0 Å². The standard InChI is InChI=1S/C18H15N5O5S/c1-10-14(29-17(21-10)15-19-7-4-8-20-15)18(25)28-11(2)16(24)22-12-5-3-6-13(9-12)23(26)27/h3-9,11H,1-2H3,(H,22,24). The highest BCUT2D eigenvalue weighted by Crippen LogP contribution is 2.26. The first-order chi connectivity index (χ1) is 13.8. The van der Waals surface area contributed by atoms with Crippen LogP contribution < -0.4 is 5.32 Å². The van der Waals surface area contributed by atoms with Gasteiger partial charge < -0.3 is 10.1 Å². The Bertz CT molecular complexity index is 1070. The van der Waals surface area contributed by atoms with Gasteiger partial charge in [0.2, 0.25) is 0 Å². The Kier molecular flexibility index (Phi) is 5.88. The fourth-order valence-corrected chi connectivity index (χ4v) is 3.20. The van der Waals surface area contributed by atoms with E-state index in [0.29, 0.717) is 16.5 Å². The summed E-state index contributed by atoms with van der Waals surface area (Å²) in [5.74, 6) is -0.937. The zero-order valence-corrected chi connectivity index (χ0v) is 16.2. The van der Waals surface area contributed by atoms with Crippen molar-refractivity contribution in [2.75, 3.05) is 5.32 Å². The van der Waals surface area contributed by atoms with E-state index in [-0.39, 0.29) is 16.3 Å². The summed E-state index contributed by atoms with van der Waals surface area (Å²) < 4.78 is 5.22. The Labute approximate surface area is 168 Å². The summed E-state index contributed by atoms with van der Waals surface area (Å²) in [6.07, 6.45) is 2.01. The van der Waals surface area contributed by atoms with Gasteiger partial charge in [0.15, 0.2) is 16.9 Å². The Morgan fingerprint density at radius 2 is 1.97 bits per heavy atom. The van der Waals surface area contributed by atoms with Crippen LogP contribution in [0.3, 0.4) is 0 Å². The van der Waals surface area contributed by atoms with E-state index in [1.807, 2.05) is 0 Å². The number of carbonyl (C=O) groups excluding carboxylic acids is 2. The molecule has 11 heteroatoms. The van der Waals surface area contributed by atoms with E-state index in [1.165, 1.54) is 31.2 Å². The molecule has 1 amide bonds. The van der Waals surface area contributed by atoms with Crippen molar-refractivity contribution in [3.63, 3.8) is 0 Å². The van der Waals surface area contributed by atoms with Crippen molar-refractivity contribution in [3.05, 3.63) is 63.4 Å². The molecule has 2 aromatic heterocycles. The Morgan fingerprint density at radius 1 is 1.24 bits per heavy atom. The molecule has 10 nitrogen and oxygen atoms in total. The molecule has 0 bridgehead atoms. The Hall–Kier alpha value is -3.73. The third-order valence-corrected chi connectivity index (χ3v) is 4.85. The highest BCUT2D eigenvalue weighted by molar-refractivity contribution is 7.16. The van der Waals surface area contributed by atoms with E-state index in [9.17, 15) is 19.7 Å². The number of amides is 1. The SMILES string of the molecule is Cc1nc(-c2ncccn2)sc1C(=O)OC(C)C(=O)Nc1cccc([N+](=O)[O-])c1. The number of hydrogen-bond acceptors (Lipinski definition) is 9. The predicted octanol–water partition coefficient (Wildman–Crippen LogP) is 3.00. The molecule has 3 rings (SSSR count). The molecule has 0 saturated carbocycles. The van der Waals surface area contributed by atoms with Crippen LogP contribution in [0.1, 0.15) is 22.3 Å². The second kappa shape index (κ2) is 8.52. The van der Waals surface area contributed by atoms with Gasteiger partial charge in [-0.25, -0.2) is 19.7 Å². The topological polar surface area (TPSA) is 137 Å². The summed E-state index contributed by atoms with van der Waals surface area (Å²) in [5.41, 5.74) is 0.502. The third-order valence-electron chi connectivity index (χ3n) is 3.72. The summed E-state index contributed by atoms with van der Waals surface area (Å²) in [5, 5.41) is 13.8. The number of nitrogens with one attached hydrogen (secondary N) is 1. The number of benzene rings is 1. The first-order valence-electron chi connectivity index (χ1n) is 8.36. The molecule has 1 N–H and O–H groups in total. The van der Waals surface area contributed by atoms with E-state index in [2.05, 4.69) is 20.3 Å². The monoisotopic (exact) mass is 413 g/mol. The maximum atomic E-state index is 12.5. The van der Waals surface area contributed by atoms with Crippen LogP contribution >= 0.6 is 11.3 Å². The van der Waals surface area contributed by atoms with Crippen molar-refractivity contribution in [1.82, 2.24) is 15.0 Å². The minimum Gasteiger partial charge on any atom is -0.448 e. The van der Waals surface area contributed by atoms with E-state index < -0.39 is 22.9 Å². The lowest BCUT2D eigenvalue weighted by Crippen LogP contribution is -2.30. The van der Waals surface area contributed by atoms with Crippen molar-refractivity contribution in [1.29, 1.82) is 0 Å². The highest BCUT2D eigenvalue weighted by Gasteiger charge is 2.24. The summed E-state index contributed by atoms with van der Waals surface area (Å²) in [4.78, 5) is 47.7. The van der Waals surface area contributed by atoms with Gasteiger partial charge in [0, 0.05) is 30.2 Å². The second-order valence-electron chi connectivity index (χ2n) is 5.85.